The molecular formula is C43H37F2N7O6S. The Morgan fingerprint density at radius 1 is 0.881 bits per heavy atom. The Morgan fingerprint density at radius 3 is 2.39 bits per heavy atom. The third-order valence-corrected chi connectivity index (χ3v) is 12.2. The number of anilines is 2. The number of nitrogens with zero attached hydrogens (tertiary/aromatic N) is 5. The number of benzene rings is 4. The topological polar surface area (TPSA) is 155 Å². The second kappa shape index (κ2) is 15.3. The lowest BCUT2D eigenvalue weighted by molar-refractivity contribution is -0.137. The Balaban J connectivity index is 0.844. The number of thiazole rings is 1. The standard InChI is InChI=1S/C43H37F2N7O6S/c44-29-5-9-36(53)33(19-29)38(40(56)48-43-46-11-16-59-43)52-22-26-2-1-25(18-31(26)42(52)58)24-3-6-30(7-4-24)50-14-12-49(13-15-50)21-28-17-27-23-51(41(57)32(27)20-34(28)45)35-8-10-37(54)47-39(35)55/h1-7,9,11,16-20,35,38,53H,8,10,12-15,21-23H2,(H,46,48,56)(H,47,54,55). The number of hydrogen-bond acceptors (Lipinski definition) is 10. The number of hydrogen-bond donors (Lipinski definition) is 3. The molecule has 2 unspecified atom stereocenters. The second-order valence-electron chi connectivity index (χ2n) is 15.0. The number of carbonyl (C=O) groups excluding carboxylic acids is 5. The van der Waals surface area contributed by atoms with Gasteiger partial charge in [-0.05, 0) is 77.2 Å². The molecule has 5 amide bonds. The van der Waals surface area contributed by atoms with E-state index in [0.29, 0.717) is 60.1 Å². The number of amides is 5. The summed E-state index contributed by atoms with van der Waals surface area (Å²) in [6, 6.07) is 17.7. The van der Waals surface area contributed by atoms with Crippen molar-refractivity contribution in [3.8, 4) is 16.9 Å². The normalized spacial score (nSPS) is 18.5. The average Bonchev–Trinajstić information content (AvgIpc) is 3.94. The van der Waals surface area contributed by atoms with Crippen LogP contribution in [0, 0.1) is 11.6 Å². The average molecular weight is 818 g/mol. The number of phenols is 1. The van der Waals surface area contributed by atoms with Crippen LogP contribution in [0.3, 0.4) is 0 Å². The van der Waals surface area contributed by atoms with E-state index in [9.17, 15) is 33.5 Å². The van der Waals surface area contributed by atoms with Gasteiger partial charge in [0.05, 0.1) is 0 Å². The molecule has 9 rings (SSSR count). The zero-order chi connectivity index (χ0) is 40.9. The summed E-state index contributed by atoms with van der Waals surface area (Å²) in [5, 5.41) is 17.7. The highest BCUT2D eigenvalue weighted by atomic mass is 32.1. The van der Waals surface area contributed by atoms with Gasteiger partial charge in [-0.3, -0.25) is 39.5 Å². The third kappa shape index (κ3) is 7.29. The summed E-state index contributed by atoms with van der Waals surface area (Å²) in [6.07, 6.45) is 1.92. The van der Waals surface area contributed by atoms with Crippen LogP contribution in [-0.4, -0.2) is 86.5 Å². The van der Waals surface area contributed by atoms with E-state index in [0.717, 1.165) is 35.0 Å². The van der Waals surface area contributed by atoms with E-state index < -0.39 is 47.3 Å². The highest BCUT2D eigenvalue weighted by molar-refractivity contribution is 7.13. The first-order chi connectivity index (χ1) is 28.5. The molecule has 59 heavy (non-hydrogen) atoms. The summed E-state index contributed by atoms with van der Waals surface area (Å²) < 4.78 is 29.8. The molecule has 2 atom stereocenters. The van der Waals surface area contributed by atoms with Crippen LogP contribution in [0.1, 0.15) is 61.9 Å². The molecule has 13 nitrogen and oxygen atoms in total. The Kier molecular flexibility index (Phi) is 9.89. The number of piperazine rings is 1. The Hall–Kier alpha value is -6.52. The van der Waals surface area contributed by atoms with Gasteiger partial charge >= 0.3 is 0 Å². The molecule has 4 aliphatic heterocycles. The molecule has 300 valence electrons. The molecule has 5 aromatic rings. The van der Waals surface area contributed by atoms with Crippen LogP contribution in [0.15, 0.2) is 84.4 Å². The van der Waals surface area contributed by atoms with Crippen LogP contribution in [0.4, 0.5) is 19.6 Å². The maximum atomic E-state index is 15.3. The maximum absolute atomic E-state index is 15.3. The summed E-state index contributed by atoms with van der Waals surface area (Å²) in [4.78, 5) is 76.0. The SMILES string of the molecule is O=C1CCC(N2Cc3cc(CN4CCN(c5ccc(-c6ccc7c(c6)C(=O)N(C(C(=O)Nc6nccs6)c6cc(F)ccc6O)C7)cc5)CC4)c(F)cc3C2=O)C(=O)N1. The third-order valence-electron chi connectivity index (χ3n) is 11.5. The summed E-state index contributed by atoms with van der Waals surface area (Å²) in [5.41, 5.74) is 5.15. The van der Waals surface area contributed by atoms with E-state index >= 15 is 4.39 Å². The van der Waals surface area contributed by atoms with Gasteiger partial charge in [0, 0.05) is 91.8 Å². The van der Waals surface area contributed by atoms with Gasteiger partial charge in [-0.15, -0.1) is 11.3 Å². The lowest BCUT2D eigenvalue weighted by atomic mass is 10.00. The number of aromatic hydroxyl groups is 1. The zero-order valence-electron chi connectivity index (χ0n) is 31.5. The van der Waals surface area contributed by atoms with Crippen LogP contribution in [0.2, 0.25) is 0 Å². The predicted octanol–water partition coefficient (Wildman–Crippen LogP) is 5.21. The highest BCUT2D eigenvalue weighted by Crippen LogP contribution is 2.38. The first kappa shape index (κ1) is 38.0. The van der Waals surface area contributed by atoms with E-state index in [2.05, 4.69) is 25.4 Å². The van der Waals surface area contributed by atoms with Crippen molar-refractivity contribution < 1.29 is 37.9 Å². The van der Waals surface area contributed by atoms with Gasteiger partial charge in [-0.1, -0.05) is 24.3 Å². The largest absolute Gasteiger partial charge is 0.508 e. The summed E-state index contributed by atoms with van der Waals surface area (Å²) in [5.74, 6) is -3.77. The van der Waals surface area contributed by atoms with Crippen molar-refractivity contribution in [1.82, 2.24) is 25.0 Å². The Morgan fingerprint density at radius 2 is 1.64 bits per heavy atom. The molecule has 2 saturated heterocycles. The summed E-state index contributed by atoms with van der Waals surface area (Å²) in [6.45, 7) is 3.40. The molecule has 0 saturated carbocycles. The molecule has 4 aromatic carbocycles. The number of nitrogens with one attached hydrogen (secondary N) is 2. The quantitative estimate of drug-likeness (QED) is 0.170. The van der Waals surface area contributed by atoms with Crippen molar-refractivity contribution >= 4 is 51.7 Å². The molecule has 16 heteroatoms. The molecular weight excluding hydrogens is 781 g/mol. The fraction of sp³-hybridized carbons (Fsp3) is 0.256. The number of aromatic nitrogens is 1. The van der Waals surface area contributed by atoms with Crippen LogP contribution in [0.5, 0.6) is 5.75 Å². The summed E-state index contributed by atoms with van der Waals surface area (Å²) >= 11 is 1.19. The van der Waals surface area contributed by atoms with Crippen molar-refractivity contribution in [1.29, 1.82) is 0 Å². The highest BCUT2D eigenvalue weighted by Gasteiger charge is 2.41. The van der Waals surface area contributed by atoms with Crippen LogP contribution < -0.4 is 15.5 Å². The number of phenolic OH excluding ortho intramolecular Hbond substituents is 1. The van der Waals surface area contributed by atoms with Crippen molar-refractivity contribution in [3.63, 3.8) is 0 Å². The molecule has 0 radical (unpaired) electrons. The van der Waals surface area contributed by atoms with Gasteiger partial charge in [-0.25, -0.2) is 13.8 Å². The first-order valence-electron chi connectivity index (χ1n) is 19.2. The van der Waals surface area contributed by atoms with E-state index in [1.807, 2.05) is 36.4 Å². The zero-order valence-corrected chi connectivity index (χ0v) is 32.3. The predicted molar refractivity (Wildman–Crippen MR) is 213 cm³/mol. The number of halogens is 2. The molecule has 4 aliphatic rings. The molecule has 1 aromatic heterocycles. The first-order valence-corrected chi connectivity index (χ1v) is 20.0. The smallest absolute Gasteiger partial charge is 0.255 e. The minimum atomic E-state index is -1.33. The summed E-state index contributed by atoms with van der Waals surface area (Å²) in [7, 11) is 0. The molecule has 0 aliphatic carbocycles. The van der Waals surface area contributed by atoms with Gasteiger partial charge < -0.3 is 19.8 Å². The fourth-order valence-corrected chi connectivity index (χ4v) is 8.93. The number of fused-ring (bicyclic) bond motifs is 2. The Labute approximate surface area is 340 Å². The van der Waals surface area contributed by atoms with Gasteiger partial charge in [0.2, 0.25) is 11.8 Å². The van der Waals surface area contributed by atoms with E-state index in [-0.39, 0.29) is 48.7 Å². The monoisotopic (exact) mass is 817 g/mol. The fourth-order valence-electron chi connectivity index (χ4n) is 8.40. The van der Waals surface area contributed by atoms with Gasteiger partial charge in [0.25, 0.3) is 17.7 Å². The van der Waals surface area contributed by atoms with Gasteiger partial charge in [0.15, 0.2) is 5.13 Å². The lowest BCUT2D eigenvalue weighted by Crippen LogP contribution is -2.52. The Bertz CT molecular complexity index is 2530. The van der Waals surface area contributed by atoms with Crippen molar-refractivity contribution in [2.75, 3.05) is 36.4 Å². The number of imide groups is 1. The van der Waals surface area contributed by atoms with Crippen molar-refractivity contribution in [3.05, 3.63) is 129 Å². The van der Waals surface area contributed by atoms with Crippen LogP contribution in [-0.2, 0) is 34.0 Å². The van der Waals surface area contributed by atoms with Crippen molar-refractivity contribution in [2.24, 2.45) is 0 Å². The van der Waals surface area contributed by atoms with E-state index in [4.69, 9.17) is 0 Å². The van der Waals surface area contributed by atoms with Crippen LogP contribution in [0.25, 0.3) is 11.1 Å². The van der Waals surface area contributed by atoms with Crippen molar-refractivity contribution in [2.45, 2.75) is 44.6 Å². The maximum Gasteiger partial charge on any atom is 0.255 e. The van der Waals surface area contributed by atoms with Crippen LogP contribution >= 0.6 is 11.3 Å². The molecule has 5 heterocycles. The minimum absolute atomic E-state index is 0.0370. The number of rotatable bonds is 9. The molecule has 0 spiro atoms. The lowest BCUT2D eigenvalue weighted by Gasteiger charge is -2.36. The molecule has 0 bridgehead atoms. The number of carbonyl (C=O) groups is 5. The molecule has 2 fully saturated rings. The van der Waals surface area contributed by atoms with E-state index in [1.54, 1.807) is 17.5 Å². The van der Waals surface area contributed by atoms with Gasteiger partial charge in [0.1, 0.15) is 29.5 Å². The van der Waals surface area contributed by atoms with Gasteiger partial charge in [-0.2, -0.15) is 0 Å². The minimum Gasteiger partial charge on any atom is -0.508 e. The second-order valence-corrected chi connectivity index (χ2v) is 15.9. The molecule has 3 N–H and O–H groups in total. The number of piperidine rings is 1. The van der Waals surface area contributed by atoms with E-state index in [1.165, 1.54) is 33.4 Å².